The number of hydrogen-bond acceptors (Lipinski definition) is 2. The lowest BCUT2D eigenvalue weighted by molar-refractivity contribution is 0.866. The van der Waals surface area contributed by atoms with Crippen LogP contribution in [0, 0.1) is 13.8 Å². The molecule has 0 fully saturated rings. The van der Waals surface area contributed by atoms with E-state index in [0.29, 0.717) is 23.7 Å². The van der Waals surface area contributed by atoms with E-state index < -0.39 is 0 Å². The Morgan fingerprint density at radius 1 is 0.321 bits per heavy atom. The molecule has 0 aliphatic carbocycles. The molecule has 8 rings (SSSR count). The molecule has 0 radical (unpaired) electrons. The highest BCUT2D eigenvalue weighted by molar-refractivity contribution is 6.29. The van der Waals surface area contributed by atoms with Gasteiger partial charge in [-0.1, -0.05) is 127 Å². The Hall–Kier alpha value is -5.60. The SMILES string of the molecule is Cc1ccc(N(c2ccc(C(C)C)cc2)c2ccc3c(C(C)C)cc4c(N(c5ccc(C)cc5)c5ccc(C(C)C)cc5)ccc5c(C(C)C)cc2c3c54)cc1. The van der Waals surface area contributed by atoms with E-state index in [-0.39, 0.29) is 0 Å². The van der Waals surface area contributed by atoms with Gasteiger partial charge in [-0.2, -0.15) is 0 Å². The molecule has 282 valence electrons. The summed E-state index contributed by atoms with van der Waals surface area (Å²) in [7, 11) is 0. The highest BCUT2D eigenvalue weighted by Crippen LogP contribution is 2.51. The van der Waals surface area contributed by atoms with Gasteiger partial charge in [0.1, 0.15) is 0 Å². The van der Waals surface area contributed by atoms with Crippen LogP contribution < -0.4 is 9.80 Å². The molecular formula is C54H56N2. The van der Waals surface area contributed by atoms with Gasteiger partial charge in [0.05, 0.1) is 11.4 Å². The average Bonchev–Trinajstić information content (AvgIpc) is 3.19. The van der Waals surface area contributed by atoms with Crippen molar-refractivity contribution in [2.24, 2.45) is 0 Å². The predicted molar refractivity (Wildman–Crippen MR) is 245 cm³/mol. The molecule has 0 aliphatic heterocycles. The van der Waals surface area contributed by atoms with Crippen LogP contribution in [0.4, 0.5) is 34.1 Å². The molecule has 0 saturated heterocycles. The maximum Gasteiger partial charge on any atom is 0.0540 e. The number of rotatable bonds is 10. The van der Waals surface area contributed by atoms with Crippen LogP contribution in [0.25, 0.3) is 32.3 Å². The molecular weight excluding hydrogens is 677 g/mol. The number of aryl methyl sites for hydroxylation is 2. The minimum absolute atomic E-state index is 0.333. The third kappa shape index (κ3) is 6.60. The van der Waals surface area contributed by atoms with Gasteiger partial charge in [-0.25, -0.2) is 0 Å². The molecule has 56 heavy (non-hydrogen) atoms. The quantitative estimate of drug-likeness (QED) is 0.129. The van der Waals surface area contributed by atoms with Crippen molar-refractivity contribution in [2.45, 2.75) is 92.9 Å². The smallest absolute Gasteiger partial charge is 0.0540 e. The van der Waals surface area contributed by atoms with Crippen LogP contribution >= 0.6 is 0 Å². The van der Waals surface area contributed by atoms with Gasteiger partial charge in [0.2, 0.25) is 0 Å². The van der Waals surface area contributed by atoms with Crippen LogP contribution in [0.3, 0.4) is 0 Å². The summed E-state index contributed by atoms with van der Waals surface area (Å²) in [5.41, 5.74) is 15.0. The van der Waals surface area contributed by atoms with E-state index in [1.54, 1.807) is 0 Å². The summed E-state index contributed by atoms with van der Waals surface area (Å²) in [5.74, 6) is 1.60. The fourth-order valence-electron chi connectivity index (χ4n) is 8.60. The lowest BCUT2D eigenvalue weighted by Gasteiger charge is -2.31. The van der Waals surface area contributed by atoms with E-state index in [1.807, 2.05) is 0 Å². The van der Waals surface area contributed by atoms with Crippen molar-refractivity contribution in [3.63, 3.8) is 0 Å². The van der Waals surface area contributed by atoms with E-state index in [2.05, 4.69) is 212 Å². The van der Waals surface area contributed by atoms with Crippen molar-refractivity contribution in [1.29, 1.82) is 0 Å². The second kappa shape index (κ2) is 14.8. The third-order valence-corrected chi connectivity index (χ3v) is 11.9. The Labute approximate surface area is 334 Å². The second-order valence-electron chi connectivity index (χ2n) is 17.2. The van der Waals surface area contributed by atoms with Crippen LogP contribution in [0.1, 0.15) is 112 Å². The molecule has 0 unspecified atom stereocenters. The number of benzene rings is 8. The first-order valence-electron chi connectivity index (χ1n) is 20.6. The summed E-state index contributed by atoms with van der Waals surface area (Å²) in [4.78, 5) is 4.95. The Balaban J connectivity index is 1.48. The molecule has 0 spiro atoms. The number of nitrogens with zero attached hydrogens (tertiary/aromatic N) is 2. The first kappa shape index (κ1) is 37.3. The molecule has 0 heterocycles. The van der Waals surface area contributed by atoms with Crippen molar-refractivity contribution < 1.29 is 0 Å². The maximum atomic E-state index is 2.51. The highest BCUT2D eigenvalue weighted by Gasteiger charge is 2.26. The molecule has 0 atom stereocenters. The van der Waals surface area contributed by atoms with E-state index in [9.17, 15) is 0 Å². The summed E-state index contributed by atoms with van der Waals surface area (Å²) in [6, 6.07) is 51.0. The zero-order chi connectivity index (χ0) is 39.4. The van der Waals surface area contributed by atoms with Crippen LogP contribution in [-0.2, 0) is 0 Å². The molecule has 0 bridgehead atoms. The highest BCUT2D eigenvalue weighted by atomic mass is 15.1. The van der Waals surface area contributed by atoms with Gasteiger partial charge in [0, 0.05) is 33.5 Å². The molecule has 0 aliphatic rings. The van der Waals surface area contributed by atoms with Crippen molar-refractivity contribution in [2.75, 3.05) is 9.80 Å². The standard InChI is InChI=1S/C54H56N2/c1-33(2)39-15-23-43(24-16-39)55(41-19-11-37(9)12-20-41)51-29-27-45-48(36(7)8)32-50-52(30-28-46-47(35(5)6)31-49(51)53(45)54(46)50)56(42-21-13-38(10)14-22-42)44-25-17-40(18-26-44)34(3)4/h11-36H,1-10H3. The largest absolute Gasteiger partial charge is 0.310 e. The van der Waals surface area contributed by atoms with E-state index >= 15 is 0 Å². The van der Waals surface area contributed by atoms with Crippen molar-refractivity contribution in [3.8, 4) is 0 Å². The normalized spacial score (nSPS) is 12.0. The van der Waals surface area contributed by atoms with Crippen LogP contribution in [0.2, 0.25) is 0 Å². The van der Waals surface area contributed by atoms with Gasteiger partial charge in [-0.3, -0.25) is 0 Å². The molecule has 0 N–H and O–H groups in total. The zero-order valence-corrected chi connectivity index (χ0v) is 34.9. The number of anilines is 6. The minimum Gasteiger partial charge on any atom is -0.310 e. The fraction of sp³-hybridized carbons (Fsp3) is 0.259. The molecule has 0 amide bonds. The van der Waals surface area contributed by atoms with E-state index in [0.717, 1.165) is 11.4 Å². The minimum atomic E-state index is 0.333. The van der Waals surface area contributed by atoms with E-state index in [1.165, 1.54) is 88.4 Å². The summed E-state index contributed by atoms with van der Waals surface area (Å²) >= 11 is 0. The lowest BCUT2D eigenvalue weighted by atomic mass is 9.83. The predicted octanol–water partition coefficient (Wildman–Crippen LogP) is 16.6. The summed E-state index contributed by atoms with van der Waals surface area (Å²) < 4.78 is 0. The average molecular weight is 733 g/mol. The molecule has 8 aromatic rings. The van der Waals surface area contributed by atoms with Gasteiger partial charge in [-0.15, -0.1) is 0 Å². The Bertz CT molecular complexity index is 2440. The van der Waals surface area contributed by atoms with Crippen molar-refractivity contribution in [1.82, 2.24) is 0 Å². The molecule has 0 aromatic heterocycles. The topological polar surface area (TPSA) is 6.48 Å². The molecule has 8 aromatic carbocycles. The van der Waals surface area contributed by atoms with Gasteiger partial charge in [0.25, 0.3) is 0 Å². The zero-order valence-electron chi connectivity index (χ0n) is 34.9. The monoisotopic (exact) mass is 732 g/mol. The molecule has 2 nitrogen and oxygen atoms in total. The summed E-state index contributed by atoms with van der Waals surface area (Å²) in [5, 5.41) is 7.96. The summed E-state index contributed by atoms with van der Waals surface area (Å²) in [6.45, 7) is 22.8. The fourth-order valence-corrected chi connectivity index (χ4v) is 8.60. The van der Waals surface area contributed by atoms with Gasteiger partial charge in [0.15, 0.2) is 0 Å². The molecule has 2 heteroatoms. The van der Waals surface area contributed by atoms with Gasteiger partial charge < -0.3 is 9.80 Å². The Morgan fingerprint density at radius 3 is 0.911 bits per heavy atom. The number of hydrogen-bond donors (Lipinski definition) is 0. The first-order chi connectivity index (χ1) is 26.9. The van der Waals surface area contributed by atoms with Crippen molar-refractivity contribution in [3.05, 3.63) is 167 Å². The lowest BCUT2D eigenvalue weighted by Crippen LogP contribution is -2.12. The van der Waals surface area contributed by atoms with Crippen LogP contribution in [-0.4, -0.2) is 0 Å². The Morgan fingerprint density at radius 2 is 0.625 bits per heavy atom. The van der Waals surface area contributed by atoms with Gasteiger partial charge in [-0.05, 0) is 154 Å². The third-order valence-electron chi connectivity index (χ3n) is 11.9. The van der Waals surface area contributed by atoms with Gasteiger partial charge >= 0.3 is 0 Å². The second-order valence-corrected chi connectivity index (χ2v) is 17.2. The van der Waals surface area contributed by atoms with E-state index in [4.69, 9.17) is 0 Å². The van der Waals surface area contributed by atoms with Crippen molar-refractivity contribution >= 4 is 66.4 Å². The van der Waals surface area contributed by atoms with Crippen LogP contribution in [0.5, 0.6) is 0 Å². The first-order valence-corrected chi connectivity index (χ1v) is 20.6. The Kier molecular flexibility index (Phi) is 9.87. The maximum absolute atomic E-state index is 2.51. The molecule has 0 saturated carbocycles. The summed E-state index contributed by atoms with van der Waals surface area (Å²) in [6.07, 6.45) is 0. The van der Waals surface area contributed by atoms with Crippen LogP contribution in [0.15, 0.2) is 133 Å².